The number of hydrogen-bond acceptors (Lipinski definition) is 4. The van der Waals surface area contributed by atoms with Gasteiger partial charge in [0.2, 0.25) is 5.91 Å². The molecule has 0 aromatic carbocycles. The van der Waals surface area contributed by atoms with Crippen molar-refractivity contribution in [3.05, 3.63) is 0 Å². The molecule has 1 radical (unpaired) electrons. The van der Waals surface area contributed by atoms with Gasteiger partial charge in [0, 0.05) is 6.54 Å². The zero-order chi connectivity index (χ0) is 15.1. The minimum absolute atomic E-state index is 0.322. The smallest absolute Gasteiger partial charge is 0.283 e. The van der Waals surface area contributed by atoms with Crippen LogP contribution in [0.1, 0.15) is 34.1 Å². The molecule has 0 saturated carbocycles. The first-order valence-corrected chi connectivity index (χ1v) is 7.64. The topological polar surface area (TPSA) is 107 Å². The van der Waals surface area contributed by atoms with E-state index in [-0.39, 0.29) is 5.41 Å². The molecule has 8 heteroatoms. The van der Waals surface area contributed by atoms with E-state index in [0.29, 0.717) is 13.0 Å². The molecule has 0 bridgehead atoms. The largest absolute Gasteiger partial charge is 0.340 e. The van der Waals surface area contributed by atoms with Gasteiger partial charge in [0.15, 0.2) is 0 Å². The van der Waals surface area contributed by atoms with E-state index in [1.54, 1.807) is 13.8 Å². The zero-order valence-corrected chi connectivity index (χ0v) is 12.5. The molecule has 1 aliphatic rings. The summed E-state index contributed by atoms with van der Waals surface area (Å²) in [6.07, 6.45) is 0.482. The SMILES string of the molecule is CC1(C)CC(C(=O)NCS(=O)(=O)O)C(C)(C)N([O])C1. The van der Waals surface area contributed by atoms with E-state index in [0.717, 1.165) is 5.06 Å². The van der Waals surface area contributed by atoms with Crippen LogP contribution in [0.25, 0.3) is 0 Å². The molecule has 1 atom stereocenters. The molecule has 0 aromatic heterocycles. The second-order valence-corrected chi connectivity index (χ2v) is 7.83. The normalized spacial score (nSPS) is 26.9. The highest BCUT2D eigenvalue weighted by Crippen LogP contribution is 2.41. The highest BCUT2D eigenvalue weighted by molar-refractivity contribution is 7.85. The second kappa shape index (κ2) is 5.01. The van der Waals surface area contributed by atoms with E-state index in [1.807, 2.05) is 13.8 Å². The highest BCUT2D eigenvalue weighted by Gasteiger charge is 2.49. The molecule has 19 heavy (non-hydrogen) atoms. The average molecular weight is 293 g/mol. The highest BCUT2D eigenvalue weighted by atomic mass is 32.2. The first-order valence-electron chi connectivity index (χ1n) is 6.03. The lowest BCUT2D eigenvalue weighted by molar-refractivity contribution is -0.264. The molecule has 1 rings (SSSR count). The van der Waals surface area contributed by atoms with Gasteiger partial charge in [0.25, 0.3) is 10.1 Å². The van der Waals surface area contributed by atoms with Crippen molar-refractivity contribution in [3.63, 3.8) is 0 Å². The van der Waals surface area contributed by atoms with Crippen molar-refractivity contribution in [2.45, 2.75) is 39.7 Å². The van der Waals surface area contributed by atoms with Crippen molar-refractivity contribution in [1.82, 2.24) is 10.4 Å². The van der Waals surface area contributed by atoms with Crippen LogP contribution in [0.15, 0.2) is 0 Å². The van der Waals surface area contributed by atoms with Gasteiger partial charge in [0.1, 0.15) is 5.88 Å². The quantitative estimate of drug-likeness (QED) is 0.733. The van der Waals surface area contributed by atoms with Gasteiger partial charge in [-0.2, -0.15) is 8.42 Å². The Morgan fingerprint density at radius 3 is 2.37 bits per heavy atom. The molecule has 1 saturated heterocycles. The van der Waals surface area contributed by atoms with Gasteiger partial charge in [-0.15, -0.1) is 10.3 Å². The van der Waals surface area contributed by atoms with E-state index in [2.05, 4.69) is 5.32 Å². The fraction of sp³-hybridized carbons (Fsp3) is 0.909. The fourth-order valence-corrected chi connectivity index (χ4v) is 2.66. The number of amides is 1. The van der Waals surface area contributed by atoms with Gasteiger partial charge in [-0.1, -0.05) is 13.8 Å². The summed E-state index contributed by atoms with van der Waals surface area (Å²) in [4.78, 5) is 12.0. The Labute approximate surface area is 113 Å². The summed E-state index contributed by atoms with van der Waals surface area (Å²) in [5.74, 6) is -2.00. The molecule has 0 spiro atoms. The van der Waals surface area contributed by atoms with Crippen molar-refractivity contribution >= 4 is 16.0 Å². The van der Waals surface area contributed by atoms with E-state index >= 15 is 0 Å². The Morgan fingerprint density at radius 1 is 1.37 bits per heavy atom. The summed E-state index contributed by atoms with van der Waals surface area (Å²) in [7, 11) is -4.26. The lowest BCUT2D eigenvalue weighted by atomic mass is 9.70. The van der Waals surface area contributed by atoms with Crippen LogP contribution in [0, 0.1) is 11.3 Å². The maximum Gasteiger partial charge on any atom is 0.283 e. The maximum absolute atomic E-state index is 12.0. The van der Waals surface area contributed by atoms with Gasteiger partial charge < -0.3 is 5.32 Å². The number of rotatable bonds is 3. The van der Waals surface area contributed by atoms with E-state index in [4.69, 9.17) is 4.55 Å². The predicted molar refractivity (Wildman–Crippen MR) is 67.9 cm³/mol. The molecule has 7 nitrogen and oxygen atoms in total. The summed E-state index contributed by atoms with van der Waals surface area (Å²) in [5.41, 5.74) is -1.23. The second-order valence-electron chi connectivity index (χ2n) is 6.38. The Morgan fingerprint density at radius 2 is 1.89 bits per heavy atom. The van der Waals surface area contributed by atoms with Crippen molar-refractivity contribution < 1.29 is 23.0 Å². The number of carbonyl (C=O) groups excluding carboxylic acids is 1. The molecule has 1 unspecified atom stereocenters. The van der Waals surface area contributed by atoms with Crippen LogP contribution in [0.3, 0.4) is 0 Å². The van der Waals surface area contributed by atoms with Crippen LogP contribution in [0.2, 0.25) is 0 Å². The third kappa shape index (κ3) is 4.13. The molecule has 1 aliphatic heterocycles. The van der Waals surface area contributed by atoms with Gasteiger partial charge in [-0.25, -0.2) is 0 Å². The number of carbonyl (C=O) groups is 1. The average Bonchev–Trinajstić information content (AvgIpc) is 2.19. The van der Waals surface area contributed by atoms with Crippen LogP contribution in [-0.2, 0) is 20.1 Å². The number of nitrogens with zero attached hydrogens (tertiary/aromatic N) is 1. The molecule has 2 N–H and O–H groups in total. The number of hydroxylamine groups is 2. The molecule has 0 aliphatic carbocycles. The number of hydrogen-bond donors (Lipinski definition) is 2. The van der Waals surface area contributed by atoms with Crippen LogP contribution in [-0.4, -0.2) is 41.9 Å². The summed E-state index contributed by atoms with van der Waals surface area (Å²) >= 11 is 0. The van der Waals surface area contributed by atoms with Gasteiger partial charge in [-0.3, -0.25) is 9.35 Å². The summed E-state index contributed by atoms with van der Waals surface area (Å²) in [6, 6.07) is 0. The van der Waals surface area contributed by atoms with Crippen LogP contribution >= 0.6 is 0 Å². The summed E-state index contributed by atoms with van der Waals surface area (Å²) < 4.78 is 29.9. The lowest BCUT2D eigenvalue weighted by Gasteiger charge is -2.48. The Bertz CT molecular complexity index is 458. The van der Waals surface area contributed by atoms with Crippen molar-refractivity contribution in [2.75, 3.05) is 12.4 Å². The summed E-state index contributed by atoms with van der Waals surface area (Å²) in [5, 5.41) is 15.0. The molecule has 1 heterocycles. The Hall–Kier alpha value is -0.700. The number of nitrogens with one attached hydrogen (secondary N) is 1. The van der Waals surface area contributed by atoms with Crippen molar-refractivity contribution in [2.24, 2.45) is 11.3 Å². The van der Waals surface area contributed by atoms with Gasteiger partial charge >= 0.3 is 0 Å². The van der Waals surface area contributed by atoms with Gasteiger partial charge in [-0.05, 0) is 25.7 Å². The summed E-state index contributed by atoms with van der Waals surface area (Å²) in [6.45, 7) is 7.41. The van der Waals surface area contributed by atoms with E-state index < -0.39 is 33.4 Å². The lowest BCUT2D eigenvalue weighted by Crippen LogP contribution is -2.60. The molecule has 111 valence electrons. The Balaban J connectivity index is 2.86. The third-order valence-electron chi connectivity index (χ3n) is 3.57. The molecule has 1 fully saturated rings. The minimum atomic E-state index is -4.26. The first kappa shape index (κ1) is 16.4. The predicted octanol–water partition coefficient (Wildman–Crippen LogP) is 0.420. The monoisotopic (exact) mass is 293 g/mol. The van der Waals surface area contributed by atoms with Crippen molar-refractivity contribution in [3.8, 4) is 0 Å². The van der Waals surface area contributed by atoms with E-state index in [9.17, 15) is 18.4 Å². The molecular weight excluding hydrogens is 272 g/mol. The van der Waals surface area contributed by atoms with Crippen LogP contribution in [0.4, 0.5) is 0 Å². The van der Waals surface area contributed by atoms with E-state index in [1.165, 1.54) is 0 Å². The van der Waals surface area contributed by atoms with Gasteiger partial charge in [0.05, 0.1) is 11.5 Å². The standard InChI is InChI=1S/C11H21N2O5S/c1-10(2)5-8(11(3,4)13(15)6-10)9(14)12-7-19(16,17)18/h8H,5-7H2,1-4H3,(H,12,14)(H,16,17,18). The fourth-order valence-electron chi connectivity index (χ4n) is 2.33. The zero-order valence-electron chi connectivity index (χ0n) is 11.6. The number of piperidine rings is 1. The molecule has 0 aromatic rings. The van der Waals surface area contributed by atoms with Crippen LogP contribution < -0.4 is 5.32 Å². The molecular formula is C11H21N2O5S. The third-order valence-corrected chi connectivity index (χ3v) is 4.08. The Kier molecular flexibility index (Phi) is 4.31. The van der Waals surface area contributed by atoms with Crippen molar-refractivity contribution in [1.29, 1.82) is 0 Å². The first-order chi connectivity index (χ1) is 8.35. The molecule has 1 amide bonds. The minimum Gasteiger partial charge on any atom is -0.340 e. The maximum atomic E-state index is 12.0. The van der Waals surface area contributed by atoms with Crippen LogP contribution in [0.5, 0.6) is 0 Å².